The first-order valence-electron chi connectivity index (χ1n) is 6.59. The molecular weight excluding hydrogens is 324 g/mol. The Morgan fingerprint density at radius 2 is 1.82 bits per heavy atom. The molecule has 0 saturated heterocycles. The van der Waals surface area contributed by atoms with E-state index in [1.54, 1.807) is 37.3 Å². The fourth-order valence-electron chi connectivity index (χ4n) is 1.83. The predicted molar refractivity (Wildman–Crippen MR) is 86.7 cm³/mol. The number of halogens is 1. The summed E-state index contributed by atoms with van der Waals surface area (Å²) in [7, 11) is -3.88. The van der Waals surface area contributed by atoms with Crippen molar-refractivity contribution in [2.75, 3.05) is 11.3 Å². The van der Waals surface area contributed by atoms with Gasteiger partial charge in [0.25, 0.3) is 15.9 Å². The molecule has 2 aromatic rings. The standard InChI is InChI=1S/C15H15ClN2O3S/c1-2-17-15(19)11-8-9-13(16)14(10-11)22(20,21)18-12-6-4-3-5-7-12/h3-10,18H,2H2,1H3,(H,17,19). The van der Waals surface area contributed by atoms with Crippen LogP contribution in [-0.2, 0) is 10.0 Å². The molecule has 0 aliphatic carbocycles. The van der Waals surface area contributed by atoms with E-state index in [2.05, 4.69) is 10.0 Å². The molecule has 0 spiro atoms. The molecule has 0 fully saturated rings. The van der Waals surface area contributed by atoms with E-state index in [1.807, 2.05) is 0 Å². The molecule has 116 valence electrons. The first-order chi connectivity index (χ1) is 10.4. The molecule has 0 aliphatic rings. The summed E-state index contributed by atoms with van der Waals surface area (Å²) >= 11 is 5.98. The molecule has 2 rings (SSSR count). The van der Waals surface area contributed by atoms with Crippen molar-refractivity contribution in [3.8, 4) is 0 Å². The van der Waals surface area contributed by atoms with Crippen LogP contribution in [0.1, 0.15) is 17.3 Å². The van der Waals surface area contributed by atoms with Gasteiger partial charge in [-0.1, -0.05) is 29.8 Å². The number of nitrogens with one attached hydrogen (secondary N) is 2. The van der Waals surface area contributed by atoms with Gasteiger partial charge in [0.15, 0.2) is 0 Å². The maximum Gasteiger partial charge on any atom is 0.263 e. The maximum atomic E-state index is 12.4. The highest BCUT2D eigenvalue weighted by molar-refractivity contribution is 7.92. The minimum atomic E-state index is -3.88. The number of anilines is 1. The lowest BCUT2D eigenvalue weighted by atomic mass is 10.2. The largest absolute Gasteiger partial charge is 0.352 e. The van der Waals surface area contributed by atoms with Gasteiger partial charge in [-0.3, -0.25) is 9.52 Å². The Hall–Kier alpha value is -2.05. The predicted octanol–water partition coefficient (Wildman–Crippen LogP) is 2.89. The molecular formula is C15H15ClN2O3S. The average molecular weight is 339 g/mol. The van der Waals surface area contributed by atoms with E-state index < -0.39 is 10.0 Å². The molecule has 2 N–H and O–H groups in total. The van der Waals surface area contributed by atoms with Gasteiger partial charge in [-0.05, 0) is 37.3 Å². The highest BCUT2D eigenvalue weighted by atomic mass is 35.5. The quantitative estimate of drug-likeness (QED) is 0.880. The Balaban J connectivity index is 2.38. The van der Waals surface area contributed by atoms with Crippen molar-refractivity contribution >= 4 is 33.2 Å². The minimum absolute atomic E-state index is 0.0523. The topological polar surface area (TPSA) is 75.3 Å². The smallest absolute Gasteiger partial charge is 0.263 e. The molecule has 22 heavy (non-hydrogen) atoms. The molecule has 0 saturated carbocycles. The van der Waals surface area contributed by atoms with Crippen LogP contribution in [0.25, 0.3) is 0 Å². The zero-order valence-electron chi connectivity index (χ0n) is 11.8. The second-order valence-corrected chi connectivity index (χ2v) is 6.53. The van der Waals surface area contributed by atoms with Crippen molar-refractivity contribution in [1.29, 1.82) is 0 Å². The SMILES string of the molecule is CCNC(=O)c1ccc(Cl)c(S(=O)(=O)Nc2ccccc2)c1. The Kier molecular flexibility index (Phi) is 5.05. The van der Waals surface area contributed by atoms with E-state index in [-0.39, 0.29) is 21.4 Å². The number of hydrogen-bond acceptors (Lipinski definition) is 3. The summed E-state index contributed by atoms with van der Waals surface area (Å²) in [6.07, 6.45) is 0. The number of carbonyl (C=O) groups excluding carboxylic acids is 1. The molecule has 0 atom stereocenters. The van der Waals surface area contributed by atoms with Crippen LogP contribution >= 0.6 is 11.6 Å². The van der Waals surface area contributed by atoms with Gasteiger partial charge in [-0.2, -0.15) is 0 Å². The molecule has 5 nitrogen and oxygen atoms in total. The number of carbonyl (C=O) groups is 1. The van der Waals surface area contributed by atoms with Gasteiger partial charge in [0.1, 0.15) is 4.90 Å². The van der Waals surface area contributed by atoms with E-state index in [0.29, 0.717) is 12.2 Å². The Bertz CT molecular complexity index is 777. The summed E-state index contributed by atoms with van der Waals surface area (Å²) in [6, 6.07) is 12.6. The van der Waals surface area contributed by atoms with E-state index >= 15 is 0 Å². The molecule has 0 aliphatic heterocycles. The lowest BCUT2D eigenvalue weighted by Crippen LogP contribution is -2.23. The van der Waals surface area contributed by atoms with Crippen LogP contribution < -0.4 is 10.0 Å². The lowest BCUT2D eigenvalue weighted by Gasteiger charge is -2.11. The molecule has 2 aromatic carbocycles. The fraction of sp³-hybridized carbons (Fsp3) is 0.133. The van der Waals surface area contributed by atoms with Crippen LogP contribution in [0.15, 0.2) is 53.4 Å². The van der Waals surface area contributed by atoms with Gasteiger partial charge in [-0.15, -0.1) is 0 Å². The number of para-hydroxylation sites is 1. The number of sulfonamides is 1. The summed E-state index contributed by atoms with van der Waals surface area (Å²) in [5.74, 6) is -0.352. The summed E-state index contributed by atoms with van der Waals surface area (Å²) < 4.78 is 27.3. The monoisotopic (exact) mass is 338 g/mol. The van der Waals surface area contributed by atoms with Crippen molar-refractivity contribution in [2.24, 2.45) is 0 Å². The fourth-order valence-corrected chi connectivity index (χ4v) is 3.41. The number of benzene rings is 2. The van der Waals surface area contributed by atoms with Crippen LogP contribution in [0.4, 0.5) is 5.69 Å². The Morgan fingerprint density at radius 3 is 2.45 bits per heavy atom. The maximum absolute atomic E-state index is 12.4. The average Bonchev–Trinajstić information content (AvgIpc) is 2.48. The van der Waals surface area contributed by atoms with Crippen molar-refractivity contribution in [2.45, 2.75) is 11.8 Å². The van der Waals surface area contributed by atoms with Gasteiger partial charge in [-0.25, -0.2) is 8.42 Å². The lowest BCUT2D eigenvalue weighted by molar-refractivity contribution is 0.0955. The van der Waals surface area contributed by atoms with Gasteiger partial charge < -0.3 is 5.32 Å². The zero-order valence-corrected chi connectivity index (χ0v) is 13.4. The Labute approximate surface area is 134 Å². The number of rotatable bonds is 5. The van der Waals surface area contributed by atoms with Crippen LogP contribution in [0.2, 0.25) is 5.02 Å². The van der Waals surface area contributed by atoms with Crippen molar-refractivity contribution in [3.63, 3.8) is 0 Å². The third-order valence-corrected chi connectivity index (χ3v) is 4.71. The molecule has 0 unspecified atom stereocenters. The first-order valence-corrected chi connectivity index (χ1v) is 8.46. The van der Waals surface area contributed by atoms with Gasteiger partial charge in [0, 0.05) is 17.8 Å². The molecule has 0 radical (unpaired) electrons. The molecule has 7 heteroatoms. The van der Waals surface area contributed by atoms with Crippen LogP contribution in [0.5, 0.6) is 0 Å². The van der Waals surface area contributed by atoms with E-state index in [0.717, 1.165) is 0 Å². The normalized spacial score (nSPS) is 11.0. The zero-order chi connectivity index (χ0) is 16.2. The van der Waals surface area contributed by atoms with Gasteiger partial charge >= 0.3 is 0 Å². The summed E-state index contributed by atoms with van der Waals surface area (Å²) in [5.41, 5.74) is 0.654. The highest BCUT2D eigenvalue weighted by Crippen LogP contribution is 2.25. The molecule has 0 bridgehead atoms. The summed E-state index contributed by atoms with van der Waals surface area (Å²) in [6.45, 7) is 2.23. The molecule has 0 aromatic heterocycles. The highest BCUT2D eigenvalue weighted by Gasteiger charge is 2.20. The second-order valence-electron chi connectivity index (χ2n) is 4.48. The third-order valence-electron chi connectivity index (χ3n) is 2.85. The van der Waals surface area contributed by atoms with E-state index in [1.165, 1.54) is 18.2 Å². The van der Waals surface area contributed by atoms with Crippen LogP contribution in [-0.4, -0.2) is 20.9 Å². The first kappa shape index (κ1) is 16.3. The van der Waals surface area contributed by atoms with Crippen LogP contribution in [0, 0.1) is 0 Å². The second kappa shape index (κ2) is 6.81. The van der Waals surface area contributed by atoms with E-state index in [9.17, 15) is 13.2 Å². The van der Waals surface area contributed by atoms with E-state index in [4.69, 9.17) is 11.6 Å². The van der Waals surface area contributed by atoms with Crippen molar-refractivity contribution in [3.05, 3.63) is 59.1 Å². The summed E-state index contributed by atoms with van der Waals surface area (Å²) in [4.78, 5) is 11.7. The molecule has 1 amide bonds. The van der Waals surface area contributed by atoms with Crippen LogP contribution in [0.3, 0.4) is 0 Å². The van der Waals surface area contributed by atoms with Gasteiger partial charge in [0.05, 0.1) is 5.02 Å². The van der Waals surface area contributed by atoms with Crippen molar-refractivity contribution < 1.29 is 13.2 Å². The molecule has 0 heterocycles. The van der Waals surface area contributed by atoms with Gasteiger partial charge in [0.2, 0.25) is 0 Å². The number of hydrogen-bond donors (Lipinski definition) is 2. The van der Waals surface area contributed by atoms with Crippen molar-refractivity contribution in [1.82, 2.24) is 5.32 Å². The Morgan fingerprint density at radius 1 is 1.14 bits per heavy atom. The number of amides is 1. The third kappa shape index (κ3) is 3.78. The summed E-state index contributed by atoms with van der Waals surface area (Å²) in [5, 5.41) is 2.66. The minimum Gasteiger partial charge on any atom is -0.352 e.